The summed E-state index contributed by atoms with van der Waals surface area (Å²) in [5, 5.41) is 0. The van der Waals surface area contributed by atoms with E-state index in [1.54, 1.807) is 12.0 Å². The zero-order chi connectivity index (χ0) is 23.4. The van der Waals surface area contributed by atoms with Crippen LogP contribution in [0.3, 0.4) is 0 Å². The maximum atomic E-state index is 13.6. The van der Waals surface area contributed by atoms with Gasteiger partial charge in [0.25, 0.3) is 11.7 Å². The first-order valence-corrected chi connectivity index (χ1v) is 12.0. The molecule has 0 radical (unpaired) electrons. The zero-order valence-electron chi connectivity index (χ0n) is 20.2. The number of methoxy groups -OCH3 is 1. The summed E-state index contributed by atoms with van der Waals surface area (Å²) in [6, 6.07) is 12.1. The van der Waals surface area contributed by atoms with Gasteiger partial charge in [0.2, 0.25) is 0 Å². The minimum atomic E-state index is -1.32. The van der Waals surface area contributed by atoms with Crippen LogP contribution in [0.2, 0.25) is 0 Å². The molecule has 178 valence electrons. The summed E-state index contributed by atoms with van der Waals surface area (Å²) in [5.74, 6) is 0.475. The molecule has 0 aliphatic carbocycles. The van der Waals surface area contributed by atoms with Gasteiger partial charge in [-0.1, -0.05) is 39.3 Å². The molecule has 4 rings (SSSR count). The second-order valence-electron chi connectivity index (χ2n) is 9.18. The maximum absolute atomic E-state index is 13.6. The molecule has 1 saturated heterocycles. The normalized spacial score (nSPS) is 16.6. The van der Waals surface area contributed by atoms with Crippen LogP contribution in [0.4, 0.5) is 5.69 Å². The molecule has 0 aromatic heterocycles. The highest BCUT2D eigenvalue weighted by molar-refractivity contribution is 6.06. The van der Waals surface area contributed by atoms with Gasteiger partial charge < -0.3 is 23.8 Å². The fourth-order valence-electron chi connectivity index (χ4n) is 4.39. The predicted octanol–water partition coefficient (Wildman–Crippen LogP) is 5.21. The monoisotopic (exact) mass is 453 g/mol. The quantitative estimate of drug-likeness (QED) is 0.494. The lowest BCUT2D eigenvalue weighted by Gasteiger charge is -2.22. The molecule has 1 amide bonds. The lowest BCUT2D eigenvalue weighted by atomic mass is 10.0. The molecule has 0 atom stereocenters. The standard InChI is InChI=1S/C27H35NO5/c1-5-6-7-20-8-10-23-22(16-20)27(32-14-15-33-27)26(29)28(23)18-21-9-11-24(25(17-21)30-4)31-13-12-19(2)3/h8-11,16-17,19H,5-7,12-15,18H2,1-4H3. The number of aryl methyl sites for hydroxylation is 1. The van der Waals surface area contributed by atoms with E-state index in [-0.39, 0.29) is 5.91 Å². The Kier molecular flexibility index (Phi) is 7.25. The van der Waals surface area contributed by atoms with Gasteiger partial charge in [-0.3, -0.25) is 4.79 Å². The first-order chi connectivity index (χ1) is 16.0. The van der Waals surface area contributed by atoms with Gasteiger partial charge >= 0.3 is 0 Å². The number of rotatable bonds is 10. The van der Waals surface area contributed by atoms with E-state index in [1.165, 1.54) is 5.56 Å². The summed E-state index contributed by atoms with van der Waals surface area (Å²) in [7, 11) is 1.64. The Hall–Kier alpha value is -2.57. The molecule has 6 nitrogen and oxygen atoms in total. The van der Waals surface area contributed by atoms with Gasteiger partial charge in [0, 0.05) is 5.56 Å². The van der Waals surface area contributed by atoms with Crippen LogP contribution in [0.15, 0.2) is 36.4 Å². The molecule has 33 heavy (non-hydrogen) atoms. The number of hydrogen-bond acceptors (Lipinski definition) is 5. The summed E-state index contributed by atoms with van der Waals surface area (Å²) in [4.78, 5) is 15.3. The van der Waals surface area contributed by atoms with Crippen molar-refractivity contribution in [2.75, 3.05) is 31.8 Å². The fraction of sp³-hybridized carbons (Fsp3) is 0.519. The number of unbranched alkanes of at least 4 members (excludes halogenated alkanes) is 1. The Morgan fingerprint density at radius 3 is 2.52 bits per heavy atom. The molecule has 1 fully saturated rings. The molecule has 0 N–H and O–H groups in total. The van der Waals surface area contributed by atoms with Gasteiger partial charge in [0.15, 0.2) is 11.5 Å². The van der Waals surface area contributed by atoms with Crippen molar-refractivity contribution < 1.29 is 23.7 Å². The molecule has 2 aromatic carbocycles. The van der Waals surface area contributed by atoms with Crippen molar-refractivity contribution in [1.29, 1.82) is 0 Å². The van der Waals surface area contributed by atoms with Crippen molar-refractivity contribution >= 4 is 11.6 Å². The molecular weight excluding hydrogens is 418 g/mol. The summed E-state index contributed by atoms with van der Waals surface area (Å²) in [6.45, 7) is 8.39. The van der Waals surface area contributed by atoms with Gasteiger partial charge in [0.1, 0.15) is 0 Å². The SMILES string of the molecule is CCCCc1ccc2c(c1)C1(OCCO1)C(=O)N2Cc1ccc(OCCC(C)C)c(OC)c1. The second kappa shape index (κ2) is 10.1. The minimum Gasteiger partial charge on any atom is -0.493 e. The van der Waals surface area contributed by atoms with Gasteiger partial charge in [-0.05, 0) is 60.6 Å². The highest BCUT2D eigenvalue weighted by atomic mass is 16.7. The van der Waals surface area contributed by atoms with Gasteiger partial charge in [-0.2, -0.15) is 0 Å². The molecule has 2 aliphatic heterocycles. The highest BCUT2D eigenvalue weighted by Crippen LogP contribution is 2.47. The van der Waals surface area contributed by atoms with Crippen LogP contribution in [0.1, 0.15) is 56.7 Å². The topological polar surface area (TPSA) is 57.2 Å². The van der Waals surface area contributed by atoms with Crippen molar-refractivity contribution in [2.45, 2.75) is 58.8 Å². The van der Waals surface area contributed by atoms with Crippen molar-refractivity contribution in [2.24, 2.45) is 5.92 Å². The van der Waals surface area contributed by atoms with Crippen LogP contribution in [-0.2, 0) is 33.0 Å². The minimum absolute atomic E-state index is 0.168. The third kappa shape index (κ3) is 4.73. The van der Waals surface area contributed by atoms with Gasteiger partial charge in [0.05, 0.1) is 39.2 Å². The van der Waals surface area contributed by atoms with Crippen LogP contribution in [0.5, 0.6) is 11.5 Å². The smallest absolute Gasteiger partial charge is 0.292 e. The number of fused-ring (bicyclic) bond motifs is 2. The van der Waals surface area contributed by atoms with Crippen LogP contribution in [-0.4, -0.2) is 32.8 Å². The van der Waals surface area contributed by atoms with E-state index >= 15 is 0 Å². The van der Waals surface area contributed by atoms with Crippen LogP contribution in [0.25, 0.3) is 0 Å². The molecule has 0 unspecified atom stereocenters. The van der Waals surface area contributed by atoms with E-state index in [0.717, 1.165) is 48.2 Å². The van der Waals surface area contributed by atoms with E-state index < -0.39 is 5.79 Å². The van der Waals surface area contributed by atoms with Crippen molar-refractivity contribution in [3.63, 3.8) is 0 Å². The molecule has 6 heteroatoms. The maximum Gasteiger partial charge on any atom is 0.292 e. The number of carbonyl (C=O) groups excluding carboxylic acids is 1. The number of anilines is 1. The van der Waals surface area contributed by atoms with Crippen LogP contribution >= 0.6 is 0 Å². The molecule has 0 bridgehead atoms. The van der Waals surface area contributed by atoms with Gasteiger partial charge in [-0.15, -0.1) is 0 Å². The lowest BCUT2D eigenvalue weighted by Crippen LogP contribution is -2.40. The third-order valence-electron chi connectivity index (χ3n) is 6.27. The predicted molar refractivity (Wildman–Crippen MR) is 128 cm³/mol. The number of ether oxygens (including phenoxy) is 4. The zero-order valence-corrected chi connectivity index (χ0v) is 20.2. The Bertz CT molecular complexity index is 980. The van der Waals surface area contributed by atoms with Crippen LogP contribution in [0, 0.1) is 5.92 Å². The largest absolute Gasteiger partial charge is 0.493 e. The molecular formula is C27H35NO5. The van der Waals surface area contributed by atoms with Crippen molar-refractivity contribution in [3.8, 4) is 11.5 Å². The van der Waals surface area contributed by atoms with E-state index in [1.807, 2.05) is 24.3 Å². The van der Waals surface area contributed by atoms with E-state index in [0.29, 0.717) is 38.0 Å². The number of hydrogen-bond donors (Lipinski definition) is 0. The number of nitrogens with zero attached hydrogens (tertiary/aromatic N) is 1. The molecule has 1 spiro atoms. The number of carbonyl (C=O) groups is 1. The van der Waals surface area contributed by atoms with Crippen molar-refractivity contribution in [1.82, 2.24) is 0 Å². The average Bonchev–Trinajstić information content (AvgIpc) is 3.39. The van der Waals surface area contributed by atoms with E-state index in [9.17, 15) is 4.79 Å². The summed E-state index contributed by atoms with van der Waals surface area (Å²) < 4.78 is 23.4. The summed E-state index contributed by atoms with van der Waals surface area (Å²) >= 11 is 0. The Labute approximate surface area is 196 Å². The Balaban J connectivity index is 1.59. The van der Waals surface area contributed by atoms with Gasteiger partial charge in [-0.25, -0.2) is 0 Å². The van der Waals surface area contributed by atoms with E-state index in [2.05, 4.69) is 32.9 Å². The molecule has 2 aliphatic rings. The first kappa shape index (κ1) is 23.6. The van der Waals surface area contributed by atoms with Crippen LogP contribution < -0.4 is 14.4 Å². The number of benzene rings is 2. The summed E-state index contributed by atoms with van der Waals surface area (Å²) in [6.07, 6.45) is 4.19. The molecule has 2 aromatic rings. The Morgan fingerprint density at radius 1 is 1.06 bits per heavy atom. The second-order valence-corrected chi connectivity index (χ2v) is 9.18. The number of amides is 1. The van der Waals surface area contributed by atoms with Crippen molar-refractivity contribution in [3.05, 3.63) is 53.1 Å². The fourth-order valence-corrected chi connectivity index (χ4v) is 4.39. The third-order valence-corrected chi connectivity index (χ3v) is 6.27. The van der Waals surface area contributed by atoms with E-state index in [4.69, 9.17) is 18.9 Å². The molecule has 2 heterocycles. The average molecular weight is 454 g/mol. The summed E-state index contributed by atoms with van der Waals surface area (Å²) in [5.41, 5.74) is 3.82. The lowest BCUT2D eigenvalue weighted by molar-refractivity contribution is -0.180. The Morgan fingerprint density at radius 2 is 1.82 bits per heavy atom. The molecule has 0 saturated carbocycles. The first-order valence-electron chi connectivity index (χ1n) is 12.0. The highest BCUT2D eigenvalue weighted by Gasteiger charge is 2.56.